The minimum Gasteiger partial charge on any atom is -0.316 e. The minimum absolute atomic E-state index is 0.0359. The lowest BCUT2D eigenvalue weighted by Gasteiger charge is -2.24. The van der Waals surface area contributed by atoms with Crippen LogP contribution >= 0.6 is 11.6 Å². The second-order valence-electron chi connectivity index (χ2n) is 5.23. The summed E-state index contributed by atoms with van der Waals surface area (Å²) in [6.07, 6.45) is 4.65. The topological polar surface area (TPSA) is 29.9 Å². The van der Waals surface area contributed by atoms with Gasteiger partial charge in [0.25, 0.3) is 0 Å². The van der Waals surface area contributed by atoms with E-state index in [0.29, 0.717) is 5.02 Å². The summed E-state index contributed by atoms with van der Waals surface area (Å²) < 4.78 is 15.1. The molecule has 2 aromatic rings. The van der Waals surface area contributed by atoms with Crippen molar-refractivity contribution in [1.82, 2.24) is 14.9 Å². The predicted octanol–water partition coefficient (Wildman–Crippen LogP) is 2.92. The second-order valence-corrected chi connectivity index (χ2v) is 5.64. The van der Waals surface area contributed by atoms with Crippen molar-refractivity contribution in [1.29, 1.82) is 0 Å². The molecule has 2 heterocycles. The van der Waals surface area contributed by atoms with Gasteiger partial charge in [-0.15, -0.1) is 0 Å². The Kier molecular flexibility index (Phi) is 3.07. The predicted molar refractivity (Wildman–Crippen MR) is 73.4 cm³/mol. The summed E-state index contributed by atoms with van der Waals surface area (Å²) in [5.74, 6) is -0.329. The number of benzene rings is 1. The number of aromatic nitrogens is 2. The molecular weight excluding hydrogens is 265 g/mol. The van der Waals surface area contributed by atoms with Crippen molar-refractivity contribution in [3.8, 4) is 5.69 Å². The largest absolute Gasteiger partial charge is 0.316 e. The lowest BCUT2D eigenvalue weighted by atomic mass is 9.86. The summed E-state index contributed by atoms with van der Waals surface area (Å²) in [5.41, 5.74) is 1.91. The van der Waals surface area contributed by atoms with E-state index in [1.54, 1.807) is 12.4 Å². The molecule has 1 saturated heterocycles. The van der Waals surface area contributed by atoms with E-state index >= 15 is 0 Å². The summed E-state index contributed by atoms with van der Waals surface area (Å²) in [4.78, 5) is 4.23. The molecule has 1 N–H and O–H groups in total. The number of rotatable bonds is 2. The molecule has 1 aliphatic heterocycles. The fraction of sp³-hybridized carbons (Fsp3) is 0.357. The molecule has 0 spiro atoms. The highest BCUT2D eigenvalue weighted by Crippen LogP contribution is 2.33. The molecule has 1 aromatic carbocycles. The minimum atomic E-state index is -0.329. The van der Waals surface area contributed by atoms with Gasteiger partial charge >= 0.3 is 0 Å². The molecule has 5 heteroatoms. The van der Waals surface area contributed by atoms with Crippen LogP contribution in [0.3, 0.4) is 0 Å². The van der Waals surface area contributed by atoms with E-state index < -0.39 is 0 Å². The molecule has 0 saturated carbocycles. The van der Waals surface area contributed by atoms with E-state index in [-0.39, 0.29) is 11.2 Å². The highest BCUT2D eigenvalue weighted by atomic mass is 35.5. The molecule has 1 aromatic heterocycles. The SMILES string of the molecule is CC1(c2cncn2-c2ccc(F)cc2Cl)CCNC1. The van der Waals surface area contributed by atoms with Gasteiger partial charge in [0.05, 0.1) is 17.0 Å². The molecule has 1 fully saturated rings. The average molecular weight is 280 g/mol. The maximum atomic E-state index is 13.1. The van der Waals surface area contributed by atoms with E-state index in [2.05, 4.69) is 17.2 Å². The van der Waals surface area contributed by atoms with Gasteiger partial charge in [-0.3, -0.25) is 0 Å². The van der Waals surface area contributed by atoms with Crippen molar-refractivity contribution in [3.05, 3.63) is 47.3 Å². The first kappa shape index (κ1) is 12.6. The Labute approximate surface area is 116 Å². The summed E-state index contributed by atoms with van der Waals surface area (Å²) in [5, 5.41) is 3.77. The summed E-state index contributed by atoms with van der Waals surface area (Å²) >= 11 is 6.14. The number of halogens is 2. The zero-order valence-electron chi connectivity index (χ0n) is 10.7. The van der Waals surface area contributed by atoms with Gasteiger partial charge in [0.15, 0.2) is 0 Å². The third-order valence-electron chi connectivity index (χ3n) is 3.79. The van der Waals surface area contributed by atoms with Crippen LogP contribution in [-0.2, 0) is 5.41 Å². The quantitative estimate of drug-likeness (QED) is 0.916. The fourth-order valence-corrected chi connectivity index (χ4v) is 2.90. The van der Waals surface area contributed by atoms with Crippen molar-refractivity contribution in [3.63, 3.8) is 0 Å². The molecule has 3 rings (SSSR count). The number of hydrogen-bond donors (Lipinski definition) is 1. The van der Waals surface area contributed by atoms with Gasteiger partial charge in [0, 0.05) is 23.9 Å². The Bertz CT molecular complexity index is 602. The summed E-state index contributed by atoms with van der Waals surface area (Å²) in [6, 6.07) is 4.44. The van der Waals surface area contributed by atoms with Crippen LogP contribution in [0.5, 0.6) is 0 Å². The molecule has 1 aliphatic rings. The van der Waals surface area contributed by atoms with E-state index in [4.69, 9.17) is 11.6 Å². The van der Waals surface area contributed by atoms with Crippen LogP contribution in [0.15, 0.2) is 30.7 Å². The zero-order valence-corrected chi connectivity index (χ0v) is 11.4. The standard InChI is InChI=1S/C14H15ClFN3/c1-14(4-5-17-8-14)13-7-18-9-19(13)12-3-2-10(16)6-11(12)15/h2-3,6-7,9,17H,4-5,8H2,1H3. The van der Waals surface area contributed by atoms with Gasteiger partial charge in [0.1, 0.15) is 5.82 Å². The van der Waals surface area contributed by atoms with Gasteiger partial charge in [0.2, 0.25) is 0 Å². The van der Waals surface area contributed by atoms with E-state index in [1.807, 2.05) is 10.8 Å². The van der Waals surface area contributed by atoms with Gasteiger partial charge in [-0.1, -0.05) is 18.5 Å². The molecule has 0 bridgehead atoms. The van der Waals surface area contributed by atoms with Gasteiger partial charge < -0.3 is 9.88 Å². The third-order valence-corrected chi connectivity index (χ3v) is 4.10. The van der Waals surface area contributed by atoms with Crippen molar-refractivity contribution in [2.24, 2.45) is 0 Å². The van der Waals surface area contributed by atoms with Crippen molar-refractivity contribution >= 4 is 11.6 Å². The van der Waals surface area contributed by atoms with E-state index in [0.717, 1.165) is 30.9 Å². The first-order valence-corrected chi connectivity index (χ1v) is 6.67. The molecule has 0 aliphatic carbocycles. The molecule has 0 amide bonds. The normalized spacial score (nSPS) is 22.9. The van der Waals surface area contributed by atoms with Crippen LogP contribution in [0.25, 0.3) is 5.69 Å². The van der Waals surface area contributed by atoms with Crippen LogP contribution in [0, 0.1) is 5.82 Å². The molecule has 3 nitrogen and oxygen atoms in total. The summed E-state index contributed by atoms with van der Waals surface area (Å²) in [6.45, 7) is 4.12. The Morgan fingerprint density at radius 2 is 2.32 bits per heavy atom. The number of nitrogens with one attached hydrogen (secondary N) is 1. The third kappa shape index (κ3) is 2.15. The monoisotopic (exact) mass is 279 g/mol. The highest BCUT2D eigenvalue weighted by molar-refractivity contribution is 6.32. The Morgan fingerprint density at radius 1 is 1.47 bits per heavy atom. The van der Waals surface area contributed by atoms with Gasteiger partial charge in [-0.25, -0.2) is 9.37 Å². The number of hydrogen-bond acceptors (Lipinski definition) is 2. The van der Waals surface area contributed by atoms with Crippen molar-refractivity contribution in [2.75, 3.05) is 13.1 Å². The smallest absolute Gasteiger partial charge is 0.124 e. The lowest BCUT2D eigenvalue weighted by molar-refractivity contribution is 0.498. The molecule has 0 radical (unpaired) electrons. The van der Waals surface area contributed by atoms with Crippen LogP contribution in [-0.4, -0.2) is 22.6 Å². The van der Waals surface area contributed by atoms with E-state index in [1.165, 1.54) is 12.1 Å². The second kappa shape index (κ2) is 4.62. The Balaban J connectivity index is 2.09. The highest BCUT2D eigenvalue weighted by Gasteiger charge is 2.33. The van der Waals surface area contributed by atoms with Crippen LogP contribution < -0.4 is 5.32 Å². The van der Waals surface area contributed by atoms with Crippen molar-refractivity contribution in [2.45, 2.75) is 18.8 Å². The van der Waals surface area contributed by atoms with Gasteiger partial charge in [-0.2, -0.15) is 0 Å². The molecule has 100 valence electrons. The molecule has 1 atom stereocenters. The van der Waals surface area contributed by atoms with Crippen LogP contribution in [0.4, 0.5) is 4.39 Å². The molecular formula is C14H15ClFN3. The molecule has 1 unspecified atom stereocenters. The van der Waals surface area contributed by atoms with Crippen molar-refractivity contribution < 1.29 is 4.39 Å². The van der Waals surface area contributed by atoms with Crippen LogP contribution in [0.2, 0.25) is 5.02 Å². The first-order chi connectivity index (χ1) is 9.10. The Morgan fingerprint density at radius 3 is 3.00 bits per heavy atom. The first-order valence-electron chi connectivity index (χ1n) is 6.29. The average Bonchev–Trinajstić information content (AvgIpc) is 2.98. The lowest BCUT2D eigenvalue weighted by Crippen LogP contribution is -2.27. The number of nitrogens with zero attached hydrogens (tertiary/aromatic N) is 2. The van der Waals surface area contributed by atoms with Gasteiger partial charge in [-0.05, 0) is 31.2 Å². The number of imidazole rings is 1. The van der Waals surface area contributed by atoms with E-state index in [9.17, 15) is 4.39 Å². The van der Waals surface area contributed by atoms with Crippen LogP contribution in [0.1, 0.15) is 19.0 Å². The maximum absolute atomic E-state index is 13.1. The Hall–Kier alpha value is -1.39. The summed E-state index contributed by atoms with van der Waals surface area (Å²) in [7, 11) is 0. The maximum Gasteiger partial charge on any atom is 0.124 e. The fourth-order valence-electron chi connectivity index (χ4n) is 2.65. The molecule has 19 heavy (non-hydrogen) atoms. The zero-order chi connectivity index (χ0) is 13.5.